The molecule has 24 heavy (non-hydrogen) atoms. The Morgan fingerprint density at radius 3 is 2.50 bits per heavy atom. The van der Waals surface area contributed by atoms with E-state index in [4.69, 9.17) is 19.7 Å². The molecule has 0 unspecified atom stereocenters. The summed E-state index contributed by atoms with van der Waals surface area (Å²) in [5, 5.41) is 3.55. The minimum absolute atomic E-state index is 0.107. The monoisotopic (exact) mass is 334 g/mol. The zero-order valence-electron chi connectivity index (χ0n) is 13.7. The second-order valence-corrected chi connectivity index (χ2v) is 5.09. The Hall–Kier alpha value is -2.93. The fourth-order valence-corrected chi connectivity index (χ4v) is 2.72. The molecule has 0 spiro atoms. The minimum atomic E-state index is -0.644. The Bertz CT molecular complexity index is 699. The van der Waals surface area contributed by atoms with Crippen molar-refractivity contribution in [2.75, 3.05) is 27.9 Å². The Kier molecular flexibility index (Phi) is 5.49. The van der Waals surface area contributed by atoms with Crippen LogP contribution < -0.4 is 9.47 Å². The third kappa shape index (κ3) is 3.21. The summed E-state index contributed by atoms with van der Waals surface area (Å²) in [6.45, 7) is 0.419. The van der Waals surface area contributed by atoms with Crippen molar-refractivity contribution in [1.82, 2.24) is 4.90 Å². The molecule has 0 radical (unpaired) electrons. The van der Waals surface area contributed by atoms with Crippen LogP contribution in [0.5, 0.6) is 11.5 Å². The molecule has 1 amide bonds. The van der Waals surface area contributed by atoms with Crippen LogP contribution in [0, 0.1) is 0 Å². The fourth-order valence-electron chi connectivity index (χ4n) is 2.72. The number of rotatable bonds is 5. The normalized spacial score (nSPS) is 16.3. The van der Waals surface area contributed by atoms with E-state index >= 15 is 0 Å². The maximum absolute atomic E-state index is 12.9. The van der Waals surface area contributed by atoms with Crippen LogP contribution in [0.4, 0.5) is 5.69 Å². The molecule has 0 aliphatic carbocycles. The van der Waals surface area contributed by atoms with Crippen LogP contribution in [0.3, 0.4) is 0 Å². The third-order valence-electron chi connectivity index (χ3n) is 3.87. The molecule has 9 heteroatoms. The van der Waals surface area contributed by atoms with Gasteiger partial charge in [-0.15, -0.1) is 0 Å². The van der Waals surface area contributed by atoms with E-state index in [0.29, 0.717) is 30.9 Å². The molecule has 0 bridgehead atoms. The van der Waals surface area contributed by atoms with E-state index in [1.165, 1.54) is 38.4 Å². The lowest BCUT2D eigenvalue weighted by Gasteiger charge is -2.23. The number of hydrogen-bond donors (Lipinski definition) is 0. The second-order valence-electron chi connectivity index (χ2n) is 5.09. The molecule has 1 aromatic rings. The van der Waals surface area contributed by atoms with Crippen molar-refractivity contribution in [3.8, 4) is 11.5 Å². The Balaban J connectivity index is 2.47. The van der Waals surface area contributed by atoms with Gasteiger partial charge in [-0.2, -0.15) is 0 Å². The number of ether oxygens (including phenoxy) is 3. The van der Waals surface area contributed by atoms with Gasteiger partial charge in [-0.1, -0.05) is 5.11 Å². The number of methoxy groups -OCH3 is 3. The van der Waals surface area contributed by atoms with Gasteiger partial charge in [0.15, 0.2) is 11.5 Å². The molecule has 1 aromatic carbocycles. The highest BCUT2D eigenvalue weighted by Gasteiger charge is 2.36. The van der Waals surface area contributed by atoms with E-state index < -0.39 is 17.9 Å². The summed E-state index contributed by atoms with van der Waals surface area (Å²) in [6, 6.07) is 2.22. The first kappa shape index (κ1) is 17.4. The fraction of sp³-hybridized carbons (Fsp3) is 0.467. The van der Waals surface area contributed by atoms with Crippen molar-refractivity contribution >= 4 is 17.6 Å². The summed E-state index contributed by atoms with van der Waals surface area (Å²) >= 11 is 0. The highest BCUT2D eigenvalue weighted by molar-refractivity contribution is 6.02. The van der Waals surface area contributed by atoms with Crippen LogP contribution in [0.15, 0.2) is 17.2 Å². The molecule has 1 aliphatic rings. The van der Waals surface area contributed by atoms with E-state index in [1.807, 2.05) is 0 Å². The van der Waals surface area contributed by atoms with E-state index in [1.54, 1.807) is 0 Å². The number of likely N-dealkylation sites (tertiary alicyclic amines) is 1. The molecule has 1 saturated heterocycles. The number of carbonyl (C=O) groups is 2. The number of hydrogen-bond acceptors (Lipinski definition) is 6. The lowest BCUT2D eigenvalue weighted by Crippen LogP contribution is -2.41. The first-order valence-corrected chi connectivity index (χ1v) is 7.27. The van der Waals surface area contributed by atoms with Gasteiger partial charge in [0.1, 0.15) is 6.04 Å². The van der Waals surface area contributed by atoms with Crippen LogP contribution >= 0.6 is 0 Å². The first-order chi connectivity index (χ1) is 11.6. The maximum atomic E-state index is 12.9. The van der Waals surface area contributed by atoms with Crippen LogP contribution in [0.25, 0.3) is 10.4 Å². The summed E-state index contributed by atoms with van der Waals surface area (Å²) in [5.74, 6) is -0.230. The molecule has 2 rings (SSSR count). The zero-order chi connectivity index (χ0) is 17.7. The van der Waals surface area contributed by atoms with Gasteiger partial charge in [0, 0.05) is 11.5 Å². The Morgan fingerprint density at radius 2 is 1.92 bits per heavy atom. The van der Waals surface area contributed by atoms with Crippen LogP contribution in [-0.4, -0.2) is 50.7 Å². The molecule has 1 fully saturated rings. The first-order valence-electron chi connectivity index (χ1n) is 7.27. The van der Waals surface area contributed by atoms with Gasteiger partial charge in [0.05, 0.1) is 32.6 Å². The van der Waals surface area contributed by atoms with Gasteiger partial charge >= 0.3 is 5.97 Å². The highest BCUT2D eigenvalue weighted by atomic mass is 16.5. The lowest BCUT2D eigenvalue weighted by atomic mass is 10.1. The van der Waals surface area contributed by atoms with Crippen molar-refractivity contribution < 1.29 is 23.8 Å². The second kappa shape index (κ2) is 7.56. The summed E-state index contributed by atoms with van der Waals surface area (Å²) < 4.78 is 15.1. The number of carbonyl (C=O) groups excluding carboxylic acids is 2. The van der Waals surface area contributed by atoms with E-state index in [-0.39, 0.29) is 11.3 Å². The van der Waals surface area contributed by atoms with Crippen molar-refractivity contribution in [1.29, 1.82) is 0 Å². The summed E-state index contributed by atoms with van der Waals surface area (Å²) in [7, 11) is 4.16. The predicted octanol–water partition coefficient (Wildman–Crippen LogP) is 2.42. The number of amides is 1. The smallest absolute Gasteiger partial charge is 0.328 e. The SMILES string of the molecule is COC(=O)[C@@H]1CCCN1C(=O)c1cc(OC)c(OC)cc1N=[N+]=[N-]. The molecule has 0 aromatic heterocycles. The number of esters is 1. The topological polar surface area (TPSA) is 114 Å². The van der Waals surface area contributed by atoms with E-state index in [2.05, 4.69) is 10.0 Å². The van der Waals surface area contributed by atoms with Crippen molar-refractivity contribution in [3.05, 3.63) is 28.1 Å². The Morgan fingerprint density at radius 1 is 1.25 bits per heavy atom. The van der Waals surface area contributed by atoms with Gasteiger partial charge < -0.3 is 19.1 Å². The minimum Gasteiger partial charge on any atom is -0.493 e. The van der Waals surface area contributed by atoms with Gasteiger partial charge in [-0.05, 0) is 30.5 Å². The standard InChI is InChI=1S/C15H18N4O5/c1-22-12-7-9(10(17-18-16)8-13(12)23-2)14(20)19-6-4-5-11(19)15(21)24-3/h7-8,11H,4-6H2,1-3H3/t11-/m0/s1. The molecule has 0 saturated carbocycles. The third-order valence-corrected chi connectivity index (χ3v) is 3.87. The predicted molar refractivity (Wildman–Crippen MR) is 84.4 cm³/mol. The molecule has 1 atom stereocenters. The quantitative estimate of drug-likeness (QED) is 0.355. The van der Waals surface area contributed by atoms with E-state index in [9.17, 15) is 9.59 Å². The van der Waals surface area contributed by atoms with Crippen molar-refractivity contribution in [3.63, 3.8) is 0 Å². The molecule has 1 heterocycles. The highest BCUT2D eigenvalue weighted by Crippen LogP contribution is 2.36. The van der Waals surface area contributed by atoms with Gasteiger partial charge in [-0.25, -0.2) is 4.79 Å². The number of azide groups is 1. The molecule has 9 nitrogen and oxygen atoms in total. The zero-order valence-corrected chi connectivity index (χ0v) is 13.7. The number of benzene rings is 1. The molecule has 1 aliphatic heterocycles. The average Bonchev–Trinajstić information content (AvgIpc) is 3.10. The van der Waals surface area contributed by atoms with Crippen LogP contribution in [0.1, 0.15) is 23.2 Å². The molecule has 128 valence electrons. The maximum Gasteiger partial charge on any atom is 0.328 e. The number of nitrogens with zero attached hydrogens (tertiary/aromatic N) is 4. The van der Waals surface area contributed by atoms with Crippen LogP contribution in [0.2, 0.25) is 0 Å². The van der Waals surface area contributed by atoms with E-state index in [0.717, 1.165) is 0 Å². The largest absolute Gasteiger partial charge is 0.493 e. The lowest BCUT2D eigenvalue weighted by molar-refractivity contribution is -0.145. The van der Waals surface area contributed by atoms with Crippen molar-refractivity contribution in [2.24, 2.45) is 5.11 Å². The average molecular weight is 334 g/mol. The molecule has 0 N–H and O–H groups in total. The van der Waals surface area contributed by atoms with Crippen LogP contribution in [-0.2, 0) is 9.53 Å². The Labute approximate surface area is 138 Å². The molecular formula is C15H18N4O5. The summed E-state index contributed by atoms with van der Waals surface area (Å²) in [5.41, 5.74) is 8.99. The van der Waals surface area contributed by atoms with Gasteiger partial charge in [-0.3, -0.25) is 4.79 Å². The molecular weight excluding hydrogens is 316 g/mol. The van der Waals surface area contributed by atoms with Crippen molar-refractivity contribution in [2.45, 2.75) is 18.9 Å². The summed E-state index contributed by atoms with van der Waals surface area (Å²) in [4.78, 5) is 28.9. The summed E-state index contributed by atoms with van der Waals surface area (Å²) in [6.07, 6.45) is 1.22. The van der Waals surface area contributed by atoms with Gasteiger partial charge in [0.25, 0.3) is 5.91 Å². The van der Waals surface area contributed by atoms with Gasteiger partial charge in [0.2, 0.25) is 0 Å².